The predicted octanol–water partition coefficient (Wildman–Crippen LogP) is 1.51. The molecule has 0 spiro atoms. The van der Waals surface area contributed by atoms with Crippen molar-refractivity contribution < 1.29 is 4.79 Å². The average Bonchev–Trinajstić information content (AvgIpc) is 2.26. The van der Waals surface area contributed by atoms with Crippen molar-refractivity contribution >= 4 is 17.5 Å². The van der Waals surface area contributed by atoms with Crippen molar-refractivity contribution in [2.24, 2.45) is 0 Å². The van der Waals surface area contributed by atoms with Crippen LogP contribution in [0.4, 0.5) is 0 Å². The van der Waals surface area contributed by atoms with E-state index in [-0.39, 0.29) is 22.5 Å². The van der Waals surface area contributed by atoms with Gasteiger partial charge in [0.1, 0.15) is 5.69 Å². The Labute approximate surface area is 99.0 Å². The number of H-pyrrole nitrogens is 1. The fraction of sp³-hybridized carbons (Fsp3) is 0.455. The summed E-state index contributed by atoms with van der Waals surface area (Å²) in [6, 6.07) is 4.45. The Hall–Kier alpha value is -1.29. The van der Waals surface area contributed by atoms with Gasteiger partial charge in [-0.05, 0) is 12.5 Å². The molecule has 1 aromatic rings. The minimum Gasteiger partial charge on any atom is -0.349 e. The zero-order valence-electron chi connectivity index (χ0n) is 9.13. The van der Waals surface area contributed by atoms with Crippen LogP contribution in [0.25, 0.3) is 0 Å². The third kappa shape index (κ3) is 4.06. The van der Waals surface area contributed by atoms with Crippen molar-refractivity contribution in [1.29, 1.82) is 0 Å². The number of carbonyl (C=O) groups is 1. The molecule has 0 aliphatic rings. The van der Waals surface area contributed by atoms with Gasteiger partial charge in [-0.3, -0.25) is 9.59 Å². The lowest BCUT2D eigenvalue weighted by molar-refractivity contribution is 0.0948. The van der Waals surface area contributed by atoms with Gasteiger partial charge in [0, 0.05) is 12.6 Å². The van der Waals surface area contributed by atoms with E-state index in [1.54, 1.807) is 6.07 Å². The van der Waals surface area contributed by atoms with Crippen LogP contribution >= 0.6 is 11.6 Å². The molecule has 0 aromatic carbocycles. The number of hydrogen-bond donors (Lipinski definition) is 2. The van der Waals surface area contributed by atoms with E-state index in [4.69, 9.17) is 11.6 Å². The molecular weight excluding hydrogens is 228 g/mol. The van der Waals surface area contributed by atoms with Crippen LogP contribution in [0, 0.1) is 0 Å². The van der Waals surface area contributed by atoms with E-state index in [1.165, 1.54) is 12.1 Å². The van der Waals surface area contributed by atoms with Crippen LogP contribution in [-0.4, -0.2) is 22.8 Å². The molecule has 1 rings (SSSR count). The number of aromatic nitrogens is 1. The van der Waals surface area contributed by atoms with Gasteiger partial charge in [-0.1, -0.05) is 19.4 Å². The maximum Gasteiger partial charge on any atom is 0.267 e. The Morgan fingerprint density at radius 1 is 1.56 bits per heavy atom. The first-order chi connectivity index (χ1) is 7.63. The van der Waals surface area contributed by atoms with E-state index < -0.39 is 0 Å². The summed E-state index contributed by atoms with van der Waals surface area (Å²) < 4.78 is 0. The highest BCUT2D eigenvalue weighted by Gasteiger charge is 2.08. The van der Waals surface area contributed by atoms with Gasteiger partial charge in [0.2, 0.25) is 5.56 Å². The van der Waals surface area contributed by atoms with E-state index in [9.17, 15) is 9.59 Å². The first kappa shape index (κ1) is 12.8. The molecule has 5 heteroatoms. The van der Waals surface area contributed by atoms with E-state index >= 15 is 0 Å². The van der Waals surface area contributed by atoms with Crippen molar-refractivity contribution in [2.75, 3.05) is 6.54 Å². The Balaban J connectivity index is 2.50. The Morgan fingerprint density at radius 2 is 2.31 bits per heavy atom. The molecule has 16 heavy (non-hydrogen) atoms. The Morgan fingerprint density at radius 3 is 2.94 bits per heavy atom. The summed E-state index contributed by atoms with van der Waals surface area (Å²) in [7, 11) is 0. The van der Waals surface area contributed by atoms with Crippen LogP contribution in [0.3, 0.4) is 0 Å². The van der Waals surface area contributed by atoms with Gasteiger partial charge in [-0.2, -0.15) is 0 Å². The normalized spacial score (nSPS) is 12.1. The van der Waals surface area contributed by atoms with Gasteiger partial charge in [0.15, 0.2) is 0 Å². The third-order valence-corrected chi connectivity index (χ3v) is 2.47. The second-order valence-corrected chi connectivity index (χ2v) is 4.14. The zero-order valence-corrected chi connectivity index (χ0v) is 9.88. The molecule has 1 amide bonds. The van der Waals surface area contributed by atoms with Gasteiger partial charge in [0.05, 0.1) is 5.38 Å². The topological polar surface area (TPSA) is 62.0 Å². The quantitative estimate of drug-likeness (QED) is 0.769. The zero-order chi connectivity index (χ0) is 12.0. The molecule has 4 nitrogen and oxygen atoms in total. The van der Waals surface area contributed by atoms with Crippen LogP contribution in [-0.2, 0) is 0 Å². The first-order valence-corrected chi connectivity index (χ1v) is 5.68. The van der Waals surface area contributed by atoms with Crippen LogP contribution in [0.5, 0.6) is 0 Å². The number of aromatic amines is 1. The molecule has 0 saturated carbocycles. The average molecular weight is 243 g/mol. The van der Waals surface area contributed by atoms with Crippen LogP contribution < -0.4 is 10.9 Å². The molecular formula is C11H15ClN2O2. The first-order valence-electron chi connectivity index (χ1n) is 5.25. The summed E-state index contributed by atoms with van der Waals surface area (Å²) in [5.41, 5.74) is -0.0310. The van der Waals surface area contributed by atoms with Crippen LogP contribution in [0.2, 0.25) is 0 Å². The highest BCUT2D eigenvalue weighted by molar-refractivity contribution is 6.20. The van der Waals surface area contributed by atoms with Crippen molar-refractivity contribution in [3.63, 3.8) is 0 Å². The van der Waals surface area contributed by atoms with Crippen molar-refractivity contribution in [1.82, 2.24) is 10.3 Å². The van der Waals surface area contributed by atoms with Gasteiger partial charge in [-0.15, -0.1) is 11.6 Å². The SMILES string of the molecule is CCCC(Cl)CNC(=O)c1cccc(=O)[nH]1. The Kier molecular flexibility index (Phi) is 5.05. The van der Waals surface area contributed by atoms with Gasteiger partial charge >= 0.3 is 0 Å². The van der Waals surface area contributed by atoms with E-state index in [2.05, 4.69) is 10.3 Å². The Bertz CT molecular complexity index is 403. The number of halogens is 1. The molecule has 1 aromatic heterocycles. The number of amides is 1. The fourth-order valence-corrected chi connectivity index (χ4v) is 1.59. The standard InChI is InChI=1S/C11H15ClN2O2/c1-2-4-8(12)7-13-11(16)9-5-3-6-10(15)14-9/h3,5-6,8H,2,4,7H2,1H3,(H,13,16)(H,14,15). The van der Waals surface area contributed by atoms with E-state index in [0.717, 1.165) is 12.8 Å². The van der Waals surface area contributed by atoms with Crippen LogP contribution in [0.15, 0.2) is 23.0 Å². The van der Waals surface area contributed by atoms with E-state index in [1.807, 2.05) is 6.92 Å². The third-order valence-electron chi connectivity index (χ3n) is 2.10. The molecule has 88 valence electrons. The van der Waals surface area contributed by atoms with Crippen LogP contribution in [0.1, 0.15) is 30.3 Å². The van der Waals surface area contributed by atoms with Gasteiger partial charge in [0.25, 0.3) is 5.91 Å². The summed E-state index contributed by atoms with van der Waals surface area (Å²) in [6.45, 7) is 2.44. The summed E-state index contributed by atoms with van der Waals surface area (Å²) >= 11 is 5.96. The molecule has 0 fully saturated rings. The summed E-state index contributed by atoms with van der Waals surface area (Å²) in [5, 5.41) is 2.60. The van der Waals surface area contributed by atoms with E-state index in [0.29, 0.717) is 6.54 Å². The predicted molar refractivity (Wildman–Crippen MR) is 63.9 cm³/mol. The van der Waals surface area contributed by atoms with Gasteiger partial charge in [-0.25, -0.2) is 0 Å². The molecule has 2 N–H and O–H groups in total. The lowest BCUT2D eigenvalue weighted by Crippen LogP contribution is -2.31. The number of pyridine rings is 1. The molecule has 0 aliphatic heterocycles. The fourth-order valence-electron chi connectivity index (χ4n) is 1.29. The lowest BCUT2D eigenvalue weighted by atomic mass is 10.2. The molecule has 0 saturated heterocycles. The highest BCUT2D eigenvalue weighted by Crippen LogP contribution is 2.03. The molecule has 1 heterocycles. The minimum atomic E-state index is -0.306. The highest BCUT2D eigenvalue weighted by atomic mass is 35.5. The second-order valence-electron chi connectivity index (χ2n) is 3.52. The number of hydrogen-bond acceptors (Lipinski definition) is 2. The number of rotatable bonds is 5. The van der Waals surface area contributed by atoms with Crippen molar-refractivity contribution in [3.8, 4) is 0 Å². The summed E-state index contributed by atoms with van der Waals surface area (Å²) in [5.74, 6) is -0.306. The lowest BCUT2D eigenvalue weighted by Gasteiger charge is -2.09. The maximum atomic E-state index is 11.6. The minimum absolute atomic E-state index is 0.0654. The molecule has 0 bridgehead atoms. The summed E-state index contributed by atoms with van der Waals surface area (Å²) in [4.78, 5) is 25.0. The van der Waals surface area contributed by atoms with Crippen molar-refractivity contribution in [3.05, 3.63) is 34.2 Å². The number of carbonyl (C=O) groups excluding carboxylic acids is 1. The molecule has 0 radical (unpaired) electrons. The van der Waals surface area contributed by atoms with Gasteiger partial charge < -0.3 is 10.3 Å². The van der Waals surface area contributed by atoms with Crippen molar-refractivity contribution in [2.45, 2.75) is 25.1 Å². The molecule has 0 aliphatic carbocycles. The second kappa shape index (κ2) is 6.33. The molecule has 1 atom stereocenters. The summed E-state index contributed by atoms with van der Waals surface area (Å²) in [6.07, 6.45) is 1.83. The largest absolute Gasteiger partial charge is 0.349 e. The maximum absolute atomic E-state index is 11.6. The smallest absolute Gasteiger partial charge is 0.267 e. The monoisotopic (exact) mass is 242 g/mol. The molecule has 1 unspecified atom stereocenters. The number of alkyl halides is 1. The number of nitrogens with one attached hydrogen (secondary N) is 2.